The molecule has 1 aliphatic rings. The molecule has 6 nitrogen and oxygen atoms in total. The van der Waals surface area contributed by atoms with E-state index in [0.717, 1.165) is 24.4 Å². The first kappa shape index (κ1) is 20.9. The summed E-state index contributed by atoms with van der Waals surface area (Å²) in [7, 11) is 0. The van der Waals surface area contributed by atoms with Crippen LogP contribution in [0.2, 0.25) is 5.02 Å². The molecular formula is C22H25ClN4O2. The number of anilines is 2. The number of amides is 2. The molecule has 1 aromatic carbocycles. The fraction of sp³-hybridized carbons (Fsp3) is 0.318. The fourth-order valence-electron chi connectivity index (χ4n) is 3.24. The van der Waals surface area contributed by atoms with Crippen molar-refractivity contribution >= 4 is 34.9 Å². The molecule has 1 fully saturated rings. The van der Waals surface area contributed by atoms with Crippen molar-refractivity contribution in [3.63, 3.8) is 0 Å². The number of halogens is 1. The highest BCUT2D eigenvalue weighted by Crippen LogP contribution is 2.18. The first-order chi connectivity index (χ1) is 13.9. The SMILES string of the molecule is CC(C)=CC(=O)Nc1ccc(N2CCCN(C(=O)c3cccc(Cl)c3)CC2)nc1. The Labute approximate surface area is 176 Å². The molecular weight excluding hydrogens is 388 g/mol. The lowest BCUT2D eigenvalue weighted by atomic mass is 10.2. The molecule has 3 rings (SSSR count). The number of carbonyl (C=O) groups is 2. The van der Waals surface area contributed by atoms with Crippen LogP contribution in [0.1, 0.15) is 30.6 Å². The van der Waals surface area contributed by atoms with Crippen molar-refractivity contribution in [2.24, 2.45) is 0 Å². The van der Waals surface area contributed by atoms with Crippen molar-refractivity contribution < 1.29 is 9.59 Å². The fourth-order valence-corrected chi connectivity index (χ4v) is 3.43. The van der Waals surface area contributed by atoms with Crippen LogP contribution in [0.15, 0.2) is 54.2 Å². The van der Waals surface area contributed by atoms with E-state index in [1.54, 1.807) is 36.5 Å². The number of hydrogen-bond acceptors (Lipinski definition) is 4. The molecule has 2 heterocycles. The van der Waals surface area contributed by atoms with E-state index in [1.807, 2.05) is 30.9 Å². The van der Waals surface area contributed by atoms with Crippen LogP contribution in [0.25, 0.3) is 0 Å². The molecule has 1 aliphatic heterocycles. The van der Waals surface area contributed by atoms with E-state index in [2.05, 4.69) is 15.2 Å². The largest absolute Gasteiger partial charge is 0.355 e. The zero-order chi connectivity index (χ0) is 20.8. The van der Waals surface area contributed by atoms with Crippen LogP contribution in [0.4, 0.5) is 11.5 Å². The van der Waals surface area contributed by atoms with Crippen LogP contribution in [-0.4, -0.2) is 47.9 Å². The summed E-state index contributed by atoms with van der Waals surface area (Å²) in [5, 5.41) is 3.36. The molecule has 2 amide bonds. The number of pyridine rings is 1. The normalized spacial score (nSPS) is 14.2. The Morgan fingerprint density at radius 3 is 2.62 bits per heavy atom. The van der Waals surface area contributed by atoms with Crippen molar-refractivity contribution in [1.29, 1.82) is 0 Å². The van der Waals surface area contributed by atoms with Gasteiger partial charge in [0.05, 0.1) is 11.9 Å². The zero-order valence-corrected chi connectivity index (χ0v) is 17.4. The van der Waals surface area contributed by atoms with Gasteiger partial charge in [-0.2, -0.15) is 0 Å². The predicted molar refractivity (Wildman–Crippen MR) is 116 cm³/mol. The molecule has 0 saturated carbocycles. The van der Waals surface area contributed by atoms with Gasteiger partial charge in [-0.25, -0.2) is 4.98 Å². The maximum absolute atomic E-state index is 12.8. The minimum absolute atomic E-state index is 0.000332. The molecule has 152 valence electrons. The molecule has 29 heavy (non-hydrogen) atoms. The molecule has 1 aromatic heterocycles. The van der Waals surface area contributed by atoms with E-state index in [-0.39, 0.29) is 11.8 Å². The van der Waals surface area contributed by atoms with Gasteiger partial charge < -0.3 is 15.1 Å². The molecule has 0 aliphatic carbocycles. The summed E-state index contributed by atoms with van der Waals surface area (Å²) < 4.78 is 0. The van der Waals surface area contributed by atoms with Crippen LogP contribution in [0.5, 0.6) is 0 Å². The Hall–Kier alpha value is -2.86. The maximum Gasteiger partial charge on any atom is 0.253 e. The Morgan fingerprint density at radius 2 is 1.93 bits per heavy atom. The van der Waals surface area contributed by atoms with Gasteiger partial charge in [0.2, 0.25) is 5.91 Å². The Kier molecular flexibility index (Phi) is 6.88. The van der Waals surface area contributed by atoms with Crippen molar-refractivity contribution in [3.8, 4) is 0 Å². The first-order valence-corrected chi connectivity index (χ1v) is 10.0. The smallest absolute Gasteiger partial charge is 0.253 e. The number of carbonyl (C=O) groups excluding carboxylic acids is 2. The van der Waals surface area contributed by atoms with Crippen molar-refractivity contribution in [3.05, 3.63) is 64.8 Å². The molecule has 0 radical (unpaired) electrons. The van der Waals surface area contributed by atoms with Crippen LogP contribution in [-0.2, 0) is 4.79 Å². The van der Waals surface area contributed by atoms with E-state index in [4.69, 9.17) is 11.6 Å². The van der Waals surface area contributed by atoms with Crippen molar-refractivity contribution in [2.75, 3.05) is 36.4 Å². The second-order valence-electron chi connectivity index (χ2n) is 7.26. The Morgan fingerprint density at radius 1 is 1.10 bits per heavy atom. The van der Waals surface area contributed by atoms with Crippen LogP contribution in [0.3, 0.4) is 0 Å². The van der Waals surface area contributed by atoms with Gasteiger partial charge in [0, 0.05) is 42.8 Å². The molecule has 1 saturated heterocycles. The monoisotopic (exact) mass is 412 g/mol. The summed E-state index contributed by atoms with van der Waals surface area (Å²) in [6, 6.07) is 10.8. The molecule has 7 heteroatoms. The van der Waals surface area contributed by atoms with Crippen LogP contribution >= 0.6 is 11.6 Å². The summed E-state index contributed by atoms with van der Waals surface area (Å²) in [6.07, 6.45) is 4.06. The quantitative estimate of drug-likeness (QED) is 0.771. The molecule has 0 atom stereocenters. The number of allylic oxidation sites excluding steroid dienone is 1. The zero-order valence-electron chi connectivity index (χ0n) is 16.7. The average molecular weight is 413 g/mol. The Bertz CT molecular complexity index is 907. The van der Waals surface area contributed by atoms with Crippen LogP contribution in [0, 0.1) is 0 Å². The minimum Gasteiger partial charge on any atom is -0.355 e. The van der Waals surface area contributed by atoms with E-state index in [0.29, 0.717) is 35.9 Å². The standard InChI is InChI=1S/C22H25ClN4O2/c1-16(2)13-21(28)25-19-7-8-20(24-15-19)26-9-4-10-27(12-11-26)22(29)17-5-3-6-18(23)14-17/h3,5-8,13-15H,4,9-12H2,1-2H3,(H,25,28). The van der Waals surface area contributed by atoms with Gasteiger partial charge in [-0.05, 0) is 50.6 Å². The number of rotatable bonds is 4. The summed E-state index contributed by atoms with van der Waals surface area (Å²) in [5.74, 6) is 0.673. The highest BCUT2D eigenvalue weighted by Gasteiger charge is 2.21. The van der Waals surface area contributed by atoms with Gasteiger partial charge in [0.15, 0.2) is 0 Å². The number of hydrogen-bond donors (Lipinski definition) is 1. The third-order valence-corrected chi connectivity index (χ3v) is 4.85. The third-order valence-electron chi connectivity index (χ3n) is 4.61. The molecule has 0 spiro atoms. The average Bonchev–Trinajstić information content (AvgIpc) is 2.93. The highest BCUT2D eigenvalue weighted by molar-refractivity contribution is 6.30. The summed E-state index contributed by atoms with van der Waals surface area (Å²) in [6.45, 7) is 6.57. The summed E-state index contributed by atoms with van der Waals surface area (Å²) in [5.41, 5.74) is 2.21. The summed E-state index contributed by atoms with van der Waals surface area (Å²) in [4.78, 5) is 33.1. The van der Waals surface area contributed by atoms with E-state index in [1.165, 1.54) is 0 Å². The lowest BCUT2D eigenvalue weighted by molar-refractivity contribution is -0.111. The Balaban J connectivity index is 1.61. The molecule has 1 N–H and O–H groups in total. The molecule has 0 bridgehead atoms. The molecule has 2 aromatic rings. The van der Waals surface area contributed by atoms with Crippen LogP contribution < -0.4 is 10.2 Å². The van der Waals surface area contributed by atoms with Gasteiger partial charge in [-0.3, -0.25) is 9.59 Å². The van der Waals surface area contributed by atoms with E-state index in [9.17, 15) is 9.59 Å². The second kappa shape index (κ2) is 9.56. The topological polar surface area (TPSA) is 65.5 Å². The van der Waals surface area contributed by atoms with Crippen molar-refractivity contribution in [2.45, 2.75) is 20.3 Å². The van der Waals surface area contributed by atoms with Gasteiger partial charge in [0.1, 0.15) is 5.82 Å². The second-order valence-corrected chi connectivity index (χ2v) is 7.70. The van der Waals surface area contributed by atoms with Gasteiger partial charge >= 0.3 is 0 Å². The van der Waals surface area contributed by atoms with Gasteiger partial charge in [0.25, 0.3) is 5.91 Å². The first-order valence-electron chi connectivity index (χ1n) is 9.64. The third kappa shape index (κ3) is 5.81. The highest BCUT2D eigenvalue weighted by atomic mass is 35.5. The number of nitrogens with one attached hydrogen (secondary N) is 1. The van der Waals surface area contributed by atoms with Gasteiger partial charge in [-0.1, -0.05) is 23.2 Å². The van der Waals surface area contributed by atoms with E-state index < -0.39 is 0 Å². The minimum atomic E-state index is -0.163. The van der Waals surface area contributed by atoms with Crippen molar-refractivity contribution in [1.82, 2.24) is 9.88 Å². The lowest BCUT2D eigenvalue weighted by Gasteiger charge is -2.23. The lowest BCUT2D eigenvalue weighted by Crippen LogP contribution is -2.35. The van der Waals surface area contributed by atoms with E-state index >= 15 is 0 Å². The molecule has 0 unspecified atom stereocenters. The maximum atomic E-state index is 12.8. The number of benzene rings is 1. The number of aromatic nitrogens is 1. The predicted octanol–water partition coefficient (Wildman–Crippen LogP) is 3.99. The summed E-state index contributed by atoms with van der Waals surface area (Å²) >= 11 is 6.02. The van der Waals surface area contributed by atoms with Gasteiger partial charge in [-0.15, -0.1) is 0 Å². The number of nitrogens with zero attached hydrogens (tertiary/aromatic N) is 3.